The summed E-state index contributed by atoms with van der Waals surface area (Å²) >= 11 is 6.18. The maximum absolute atomic E-state index is 13.0. The summed E-state index contributed by atoms with van der Waals surface area (Å²) in [6.45, 7) is 3.44. The van der Waals surface area contributed by atoms with Crippen molar-refractivity contribution in [2.75, 3.05) is 29.0 Å². The molecular formula is C20H24ClF3N6O2. The van der Waals surface area contributed by atoms with Crippen molar-refractivity contribution in [2.24, 2.45) is 0 Å². The van der Waals surface area contributed by atoms with Crippen LogP contribution in [0.25, 0.3) is 0 Å². The molecule has 1 aliphatic heterocycles. The lowest BCUT2D eigenvalue weighted by molar-refractivity contribution is -0.190. The first-order chi connectivity index (χ1) is 15.0. The molecule has 1 fully saturated rings. The fourth-order valence-electron chi connectivity index (χ4n) is 3.27. The third-order valence-electron chi connectivity index (χ3n) is 4.95. The number of anilines is 3. The van der Waals surface area contributed by atoms with Crippen molar-refractivity contribution in [3.63, 3.8) is 0 Å². The molecule has 0 saturated carbocycles. The fraction of sp³-hybridized carbons (Fsp3) is 0.450. The molecule has 0 bridgehead atoms. The van der Waals surface area contributed by atoms with Gasteiger partial charge in [0.15, 0.2) is 17.7 Å². The minimum Gasteiger partial charge on any atom is -0.451 e. The van der Waals surface area contributed by atoms with Gasteiger partial charge in [-0.25, -0.2) is 0 Å². The standard InChI is InChI=1S/C20H24ClF3N6O2/c1-11(20(22,23)24)32-19-28-17(26-9-13-5-3-4-6-15(13)21)16(25)18(29-19)30-8-7-14(10-30)27-12(2)31/h3-6,11,14H,7-10,25H2,1-2H3,(H,27,31)(H,26,28,29)/t11-,14-/m0/s1. The molecule has 1 aromatic carbocycles. The first-order valence-electron chi connectivity index (χ1n) is 9.94. The molecule has 1 aromatic heterocycles. The molecule has 0 aliphatic carbocycles. The van der Waals surface area contributed by atoms with Crippen molar-refractivity contribution in [2.45, 2.75) is 45.1 Å². The van der Waals surface area contributed by atoms with Gasteiger partial charge in [-0.3, -0.25) is 4.79 Å². The van der Waals surface area contributed by atoms with Crippen LogP contribution in [-0.2, 0) is 11.3 Å². The van der Waals surface area contributed by atoms with E-state index in [2.05, 4.69) is 20.6 Å². The Labute approximate surface area is 188 Å². The first kappa shape index (κ1) is 23.7. The highest BCUT2D eigenvalue weighted by atomic mass is 35.5. The topological polar surface area (TPSA) is 105 Å². The first-order valence-corrected chi connectivity index (χ1v) is 10.3. The van der Waals surface area contributed by atoms with Crippen LogP contribution in [0.1, 0.15) is 25.8 Å². The molecule has 2 heterocycles. The van der Waals surface area contributed by atoms with Crippen LogP contribution >= 0.6 is 11.6 Å². The summed E-state index contributed by atoms with van der Waals surface area (Å²) in [7, 11) is 0. The SMILES string of the molecule is CC(=O)N[C@H]1CCN(c2nc(O[C@@H](C)C(F)(F)F)nc(NCc3ccccc3Cl)c2N)C1. The van der Waals surface area contributed by atoms with E-state index in [1.165, 1.54) is 6.92 Å². The molecule has 0 unspecified atom stereocenters. The number of nitrogen functional groups attached to an aromatic ring is 1. The van der Waals surface area contributed by atoms with E-state index in [-0.39, 0.29) is 35.8 Å². The number of alkyl halides is 3. The molecule has 3 rings (SSSR count). The lowest BCUT2D eigenvalue weighted by Crippen LogP contribution is -2.36. The molecule has 2 aromatic rings. The molecule has 174 valence electrons. The Morgan fingerprint density at radius 2 is 2.09 bits per heavy atom. The number of carbonyl (C=O) groups excluding carboxylic acids is 1. The summed E-state index contributed by atoms with van der Waals surface area (Å²) in [6, 6.07) is 6.54. The number of carbonyl (C=O) groups is 1. The molecular weight excluding hydrogens is 449 g/mol. The average molecular weight is 473 g/mol. The maximum atomic E-state index is 13.0. The predicted octanol–water partition coefficient (Wildman–Crippen LogP) is 3.37. The van der Waals surface area contributed by atoms with Gasteiger partial charge >= 0.3 is 12.2 Å². The van der Waals surface area contributed by atoms with Crippen LogP contribution in [0.3, 0.4) is 0 Å². The van der Waals surface area contributed by atoms with E-state index < -0.39 is 18.3 Å². The van der Waals surface area contributed by atoms with Gasteiger partial charge in [-0.2, -0.15) is 23.1 Å². The van der Waals surface area contributed by atoms with Crippen LogP contribution in [0.5, 0.6) is 6.01 Å². The molecule has 12 heteroatoms. The normalized spacial score (nSPS) is 17.2. The molecule has 1 aliphatic rings. The molecule has 32 heavy (non-hydrogen) atoms. The van der Waals surface area contributed by atoms with Crippen molar-refractivity contribution < 1.29 is 22.7 Å². The number of nitrogens with one attached hydrogen (secondary N) is 2. The van der Waals surface area contributed by atoms with Crippen LogP contribution < -0.4 is 26.0 Å². The van der Waals surface area contributed by atoms with Crippen LogP contribution in [0.4, 0.5) is 30.5 Å². The molecule has 1 amide bonds. The van der Waals surface area contributed by atoms with Gasteiger partial charge in [0.25, 0.3) is 0 Å². The third-order valence-corrected chi connectivity index (χ3v) is 5.32. The van der Waals surface area contributed by atoms with E-state index in [1.807, 2.05) is 6.07 Å². The second-order valence-corrected chi connectivity index (χ2v) is 7.88. The number of ether oxygens (including phenoxy) is 1. The summed E-state index contributed by atoms with van der Waals surface area (Å²) in [5, 5.41) is 6.35. The number of hydrogen-bond acceptors (Lipinski definition) is 7. The quantitative estimate of drug-likeness (QED) is 0.567. The Balaban J connectivity index is 1.89. The van der Waals surface area contributed by atoms with Crippen molar-refractivity contribution in [3.05, 3.63) is 34.9 Å². The summed E-state index contributed by atoms with van der Waals surface area (Å²) in [5.41, 5.74) is 7.19. The third kappa shape index (κ3) is 5.84. The highest BCUT2D eigenvalue weighted by molar-refractivity contribution is 6.31. The largest absolute Gasteiger partial charge is 0.451 e. The summed E-state index contributed by atoms with van der Waals surface area (Å²) in [6.07, 6.45) is -6.05. The summed E-state index contributed by atoms with van der Waals surface area (Å²) in [4.78, 5) is 21.3. The predicted molar refractivity (Wildman–Crippen MR) is 116 cm³/mol. The van der Waals surface area contributed by atoms with Crippen molar-refractivity contribution in [1.29, 1.82) is 0 Å². The van der Waals surface area contributed by atoms with Crippen LogP contribution in [0.15, 0.2) is 24.3 Å². The Hall–Kier alpha value is -2.95. The van der Waals surface area contributed by atoms with Gasteiger partial charge in [-0.15, -0.1) is 0 Å². The highest BCUT2D eigenvalue weighted by Crippen LogP contribution is 2.33. The zero-order valence-electron chi connectivity index (χ0n) is 17.5. The minimum absolute atomic E-state index is 0.125. The van der Waals surface area contributed by atoms with Gasteiger partial charge in [-0.05, 0) is 25.0 Å². The summed E-state index contributed by atoms with van der Waals surface area (Å²) < 4.78 is 44.0. The van der Waals surface area contributed by atoms with Gasteiger partial charge in [0.1, 0.15) is 5.69 Å². The molecule has 0 radical (unpaired) electrons. The molecule has 0 spiro atoms. The Morgan fingerprint density at radius 3 is 2.75 bits per heavy atom. The highest BCUT2D eigenvalue weighted by Gasteiger charge is 2.39. The number of halogens is 4. The number of aromatic nitrogens is 2. The molecule has 2 atom stereocenters. The van der Waals surface area contributed by atoms with Crippen molar-refractivity contribution in [3.8, 4) is 6.01 Å². The van der Waals surface area contributed by atoms with E-state index in [9.17, 15) is 18.0 Å². The maximum Gasteiger partial charge on any atom is 0.425 e. The number of rotatable bonds is 7. The van der Waals surface area contributed by atoms with E-state index in [0.717, 1.165) is 12.5 Å². The van der Waals surface area contributed by atoms with Gasteiger partial charge in [0.2, 0.25) is 5.91 Å². The van der Waals surface area contributed by atoms with Crippen molar-refractivity contribution >= 4 is 34.8 Å². The van der Waals surface area contributed by atoms with Gasteiger partial charge < -0.3 is 26.0 Å². The fourth-order valence-corrected chi connectivity index (χ4v) is 3.47. The van der Waals surface area contributed by atoms with Gasteiger partial charge in [-0.1, -0.05) is 29.8 Å². The van der Waals surface area contributed by atoms with Crippen LogP contribution in [0, 0.1) is 0 Å². The van der Waals surface area contributed by atoms with Crippen LogP contribution in [0.2, 0.25) is 5.02 Å². The Kier molecular flexibility index (Phi) is 7.17. The number of nitrogens with zero attached hydrogens (tertiary/aromatic N) is 3. The second kappa shape index (κ2) is 9.68. The number of benzene rings is 1. The van der Waals surface area contributed by atoms with E-state index in [0.29, 0.717) is 24.5 Å². The minimum atomic E-state index is -4.58. The van der Waals surface area contributed by atoms with E-state index in [1.54, 1.807) is 23.1 Å². The van der Waals surface area contributed by atoms with E-state index >= 15 is 0 Å². The second-order valence-electron chi connectivity index (χ2n) is 7.47. The molecule has 4 N–H and O–H groups in total. The average Bonchev–Trinajstić information content (AvgIpc) is 3.15. The Bertz CT molecular complexity index is 975. The molecule has 8 nitrogen and oxygen atoms in total. The Morgan fingerprint density at radius 1 is 1.38 bits per heavy atom. The van der Waals surface area contributed by atoms with Crippen molar-refractivity contribution in [1.82, 2.24) is 15.3 Å². The van der Waals surface area contributed by atoms with Gasteiger partial charge in [0, 0.05) is 37.6 Å². The lowest BCUT2D eigenvalue weighted by atomic mass is 10.2. The number of amides is 1. The van der Waals surface area contributed by atoms with Crippen LogP contribution in [-0.4, -0.2) is 47.3 Å². The monoisotopic (exact) mass is 472 g/mol. The number of nitrogens with two attached hydrogens (primary N) is 1. The molecule has 1 saturated heterocycles. The van der Waals surface area contributed by atoms with E-state index in [4.69, 9.17) is 22.1 Å². The zero-order chi connectivity index (χ0) is 23.5. The lowest BCUT2D eigenvalue weighted by Gasteiger charge is -2.23. The zero-order valence-corrected chi connectivity index (χ0v) is 18.3. The smallest absolute Gasteiger partial charge is 0.425 e. The van der Waals surface area contributed by atoms with Gasteiger partial charge in [0.05, 0.1) is 0 Å². The summed E-state index contributed by atoms with van der Waals surface area (Å²) in [5.74, 6) is 0.193. The number of hydrogen-bond donors (Lipinski definition) is 3.